The lowest BCUT2D eigenvalue weighted by molar-refractivity contribution is 0.0697. The summed E-state index contributed by atoms with van der Waals surface area (Å²) in [6.07, 6.45) is 0. The van der Waals surface area contributed by atoms with Crippen molar-refractivity contribution in [1.82, 2.24) is 0 Å². The van der Waals surface area contributed by atoms with E-state index >= 15 is 0 Å². The van der Waals surface area contributed by atoms with Gasteiger partial charge in [-0.2, -0.15) is 0 Å². The van der Waals surface area contributed by atoms with Crippen LogP contribution in [-0.2, 0) is 10.0 Å². The molecule has 1 aliphatic heterocycles. The maximum atomic E-state index is 14.0. The number of hydrogen-bond acceptors (Lipinski definition) is 5. The van der Waals surface area contributed by atoms with Crippen molar-refractivity contribution < 1.29 is 22.7 Å². The fraction of sp³-hybridized carbons (Fsp3) is 0.316. The lowest BCUT2D eigenvalue weighted by atomic mass is 10.1. The van der Waals surface area contributed by atoms with Gasteiger partial charge in [-0.15, -0.1) is 0 Å². The molecule has 0 bridgehead atoms. The number of piperazine rings is 1. The average molecular weight is 407 g/mol. The lowest BCUT2D eigenvalue weighted by Gasteiger charge is -2.38. The van der Waals surface area contributed by atoms with E-state index in [2.05, 4.69) is 4.72 Å². The van der Waals surface area contributed by atoms with Gasteiger partial charge in [-0.3, -0.25) is 4.72 Å². The number of sulfonamides is 1. The number of carboxylic acid groups (broad SMARTS) is 1. The number of hydrogen-bond donors (Lipinski definition) is 2. The Hall–Kier alpha value is -2.81. The fourth-order valence-electron chi connectivity index (χ4n) is 3.19. The number of anilines is 3. The van der Waals surface area contributed by atoms with Crippen molar-refractivity contribution in [3.63, 3.8) is 0 Å². The quantitative estimate of drug-likeness (QED) is 0.765. The Bertz CT molecular complexity index is 973. The number of aromatic carboxylic acids is 1. The molecular weight excluding hydrogens is 385 g/mol. The highest BCUT2D eigenvalue weighted by Gasteiger charge is 2.23. The number of nitrogens with zero attached hydrogens (tertiary/aromatic N) is 2. The SMILES string of the molecule is CCS(=O)(=O)Nc1ccc(N2CCN(c3ccccc3F)CC2)c(C(=O)O)c1. The summed E-state index contributed by atoms with van der Waals surface area (Å²) in [4.78, 5) is 15.6. The predicted octanol–water partition coefficient (Wildman–Crippen LogP) is 2.61. The molecule has 7 nitrogen and oxygen atoms in total. The molecule has 1 aliphatic rings. The molecule has 1 saturated heterocycles. The van der Waals surface area contributed by atoms with Crippen molar-refractivity contribution in [2.75, 3.05) is 46.5 Å². The van der Waals surface area contributed by atoms with E-state index in [0.717, 1.165) is 0 Å². The topological polar surface area (TPSA) is 90.0 Å². The van der Waals surface area contributed by atoms with Gasteiger partial charge in [0.1, 0.15) is 5.82 Å². The van der Waals surface area contributed by atoms with Gasteiger partial charge >= 0.3 is 5.97 Å². The van der Waals surface area contributed by atoms with E-state index < -0.39 is 16.0 Å². The summed E-state index contributed by atoms with van der Waals surface area (Å²) in [7, 11) is -3.49. The summed E-state index contributed by atoms with van der Waals surface area (Å²) in [5.41, 5.74) is 1.29. The molecule has 0 unspecified atom stereocenters. The van der Waals surface area contributed by atoms with E-state index in [-0.39, 0.29) is 22.8 Å². The predicted molar refractivity (Wildman–Crippen MR) is 107 cm³/mol. The normalized spacial score (nSPS) is 14.8. The number of para-hydroxylation sites is 1. The average Bonchev–Trinajstić information content (AvgIpc) is 2.68. The summed E-state index contributed by atoms with van der Waals surface area (Å²) in [6, 6.07) is 11.1. The molecule has 1 fully saturated rings. The molecule has 2 aromatic rings. The van der Waals surface area contributed by atoms with E-state index in [1.54, 1.807) is 30.3 Å². The Morgan fingerprint density at radius 3 is 2.25 bits per heavy atom. The summed E-state index contributed by atoms with van der Waals surface area (Å²) in [6.45, 7) is 3.64. The third-order valence-corrected chi connectivity index (χ3v) is 6.00. The van der Waals surface area contributed by atoms with Gasteiger partial charge in [0, 0.05) is 31.9 Å². The van der Waals surface area contributed by atoms with Crippen LogP contribution >= 0.6 is 0 Å². The van der Waals surface area contributed by atoms with Crippen molar-refractivity contribution in [2.24, 2.45) is 0 Å². The van der Waals surface area contributed by atoms with Gasteiger partial charge in [0.2, 0.25) is 10.0 Å². The molecule has 0 spiro atoms. The summed E-state index contributed by atoms with van der Waals surface area (Å²) in [5, 5.41) is 9.58. The minimum absolute atomic E-state index is 0.0237. The monoisotopic (exact) mass is 407 g/mol. The zero-order chi connectivity index (χ0) is 20.3. The summed E-state index contributed by atoms with van der Waals surface area (Å²) in [5.74, 6) is -1.52. The highest BCUT2D eigenvalue weighted by Crippen LogP contribution is 2.28. The molecule has 0 aromatic heterocycles. The molecule has 150 valence electrons. The van der Waals surface area contributed by atoms with Gasteiger partial charge in [-0.1, -0.05) is 12.1 Å². The first-order valence-electron chi connectivity index (χ1n) is 8.93. The number of halogens is 1. The first-order valence-corrected chi connectivity index (χ1v) is 10.6. The standard InChI is InChI=1S/C19H22FN3O4S/c1-2-28(26,27)21-14-7-8-17(15(13-14)19(24)25)22-9-11-23(12-10-22)18-6-4-3-5-16(18)20/h3-8,13,21H,2,9-12H2,1H3,(H,24,25). The van der Waals surface area contributed by atoms with E-state index in [0.29, 0.717) is 37.6 Å². The second kappa shape index (κ2) is 8.05. The Labute approximate surface area is 163 Å². The van der Waals surface area contributed by atoms with Crippen molar-refractivity contribution >= 4 is 33.1 Å². The lowest BCUT2D eigenvalue weighted by Crippen LogP contribution is -2.47. The zero-order valence-electron chi connectivity index (χ0n) is 15.4. The van der Waals surface area contributed by atoms with Crippen LogP contribution in [0.3, 0.4) is 0 Å². The second-order valence-electron chi connectivity index (χ2n) is 6.47. The number of benzene rings is 2. The molecule has 0 radical (unpaired) electrons. The summed E-state index contributed by atoms with van der Waals surface area (Å²) >= 11 is 0. The van der Waals surface area contributed by atoms with Crippen LogP contribution in [-0.4, -0.2) is 51.4 Å². The fourth-order valence-corrected chi connectivity index (χ4v) is 3.83. The molecule has 1 heterocycles. The molecule has 9 heteroatoms. The maximum Gasteiger partial charge on any atom is 0.337 e. The number of rotatable bonds is 6. The molecule has 2 N–H and O–H groups in total. The van der Waals surface area contributed by atoms with Crippen LogP contribution < -0.4 is 14.5 Å². The Morgan fingerprint density at radius 2 is 1.68 bits per heavy atom. The van der Waals surface area contributed by atoms with E-state index in [9.17, 15) is 22.7 Å². The van der Waals surface area contributed by atoms with Crippen molar-refractivity contribution in [2.45, 2.75) is 6.92 Å². The van der Waals surface area contributed by atoms with Gasteiger partial charge in [-0.25, -0.2) is 17.6 Å². The largest absolute Gasteiger partial charge is 0.478 e. The molecular formula is C19H22FN3O4S. The second-order valence-corrected chi connectivity index (χ2v) is 8.48. The number of carboxylic acids is 1. The summed E-state index contributed by atoms with van der Waals surface area (Å²) < 4.78 is 39.8. The molecule has 0 saturated carbocycles. The first-order chi connectivity index (χ1) is 13.3. The molecule has 0 atom stereocenters. The van der Waals surface area contributed by atoms with Crippen molar-refractivity contribution in [1.29, 1.82) is 0 Å². The van der Waals surface area contributed by atoms with Crippen molar-refractivity contribution in [3.05, 3.63) is 53.8 Å². The van der Waals surface area contributed by atoms with Gasteiger partial charge in [0.25, 0.3) is 0 Å². The van der Waals surface area contributed by atoms with Crippen LogP contribution in [0, 0.1) is 5.82 Å². The van der Waals surface area contributed by atoms with Crippen molar-refractivity contribution in [3.8, 4) is 0 Å². The smallest absolute Gasteiger partial charge is 0.337 e. The molecule has 0 amide bonds. The third-order valence-electron chi connectivity index (χ3n) is 4.69. The minimum atomic E-state index is -3.49. The van der Waals surface area contributed by atoms with Crippen LogP contribution in [0.25, 0.3) is 0 Å². The van der Waals surface area contributed by atoms with Crippen LogP contribution in [0.15, 0.2) is 42.5 Å². The molecule has 2 aromatic carbocycles. The minimum Gasteiger partial charge on any atom is -0.478 e. The van der Waals surface area contributed by atoms with Gasteiger partial charge < -0.3 is 14.9 Å². The molecule has 0 aliphatic carbocycles. The number of carbonyl (C=O) groups is 1. The van der Waals surface area contributed by atoms with Crippen LogP contribution in [0.1, 0.15) is 17.3 Å². The van der Waals surface area contributed by atoms with E-state index in [4.69, 9.17) is 0 Å². The Kier molecular flexibility index (Phi) is 5.73. The molecule has 3 rings (SSSR count). The Balaban J connectivity index is 1.79. The first kappa shape index (κ1) is 19.9. The highest BCUT2D eigenvalue weighted by atomic mass is 32.2. The van der Waals surface area contributed by atoms with E-state index in [1.165, 1.54) is 19.1 Å². The van der Waals surface area contributed by atoms with Crippen LogP contribution in [0.2, 0.25) is 0 Å². The van der Waals surface area contributed by atoms with Crippen LogP contribution in [0.5, 0.6) is 0 Å². The Morgan fingerprint density at radius 1 is 1.07 bits per heavy atom. The van der Waals surface area contributed by atoms with Gasteiger partial charge in [0.15, 0.2) is 0 Å². The van der Waals surface area contributed by atoms with Crippen LogP contribution in [0.4, 0.5) is 21.5 Å². The van der Waals surface area contributed by atoms with Gasteiger partial charge in [0.05, 0.1) is 22.7 Å². The van der Waals surface area contributed by atoms with Gasteiger partial charge in [-0.05, 0) is 37.3 Å². The molecule has 28 heavy (non-hydrogen) atoms. The third kappa shape index (κ3) is 4.36. The maximum absolute atomic E-state index is 14.0. The zero-order valence-corrected chi connectivity index (χ0v) is 16.2. The number of nitrogens with one attached hydrogen (secondary N) is 1. The highest BCUT2D eigenvalue weighted by molar-refractivity contribution is 7.92. The van der Waals surface area contributed by atoms with E-state index in [1.807, 2.05) is 9.80 Å².